The summed E-state index contributed by atoms with van der Waals surface area (Å²) in [5, 5.41) is 15.6. The second kappa shape index (κ2) is 7.76. The molecule has 25 heavy (non-hydrogen) atoms. The number of aromatic nitrogens is 4. The summed E-state index contributed by atoms with van der Waals surface area (Å²) in [7, 11) is 1.49. The largest absolute Gasteiger partial charge is 0.447 e. The van der Waals surface area contributed by atoms with Crippen molar-refractivity contribution >= 4 is 17.7 Å². The van der Waals surface area contributed by atoms with E-state index < -0.39 is 12.1 Å². The Morgan fingerprint density at radius 1 is 1.20 bits per heavy atom. The van der Waals surface area contributed by atoms with Crippen LogP contribution in [0.15, 0.2) is 54.6 Å². The molecule has 0 bridgehead atoms. The first-order valence-corrected chi connectivity index (χ1v) is 8.00. The molecule has 128 valence electrons. The van der Waals surface area contributed by atoms with Gasteiger partial charge in [-0.05, 0) is 11.3 Å². The number of rotatable bonds is 5. The summed E-state index contributed by atoms with van der Waals surface area (Å²) in [6.45, 7) is 0.0218. The summed E-state index contributed by atoms with van der Waals surface area (Å²) in [4.78, 5) is 12.9. The summed E-state index contributed by atoms with van der Waals surface area (Å²) < 4.78 is 5.19. The molecule has 0 saturated heterocycles. The maximum absolute atomic E-state index is 11.5. The molecule has 0 aliphatic rings. The molecule has 1 N–H and O–H groups in total. The van der Waals surface area contributed by atoms with E-state index >= 15 is 0 Å². The van der Waals surface area contributed by atoms with Gasteiger partial charge in [0.1, 0.15) is 12.6 Å². The fourth-order valence-corrected chi connectivity index (χ4v) is 2.57. The van der Waals surface area contributed by atoms with Gasteiger partial charge >= 0.3 is 6.09 Å². The van der Waals surface area contributed by atoms with Crippen LogP contribution in [-0.2, 0) is 4.74 Å². The Kier molecular flexibility index (Phi) is 5.25. The molecule has 2 aromatic carbocycles. The van der Waals surface area contributed by atoms with Gasteiger partial charge in [-0.15, -0.1) is 10.2 Å². The Labute approximate surface area is 149 Å². The molecule has 1 heterocycles. The zero-order valence-electron chi connectivity index (χ0n) is 13.5. The molecule has 3 rings (SSSR count). The predicted octanol–water partition coefficient (Wildman–Crippen LogP) is 2.94. The lowest BCUT2D eigenvalue weighted by molar-refractivity contribution is 0.131. The van der Waals surface area contributed by atoms with E-state index in [1.54, 1.807) is 6.07 Å². The zero-order chi connectivity index (χ0) is 17.6. The van der Waals surface area contributed by atoms with Crippen LogP contribution in [0.1, 0.15) is 11.6 Å². The number of halogens is 1. The average molecular weight is 358 g/mol. The summed E-state index contributed by atoms with van der Waals surface area (Å²) in [5.74, 6) is 0.484. The fraction of sp³-hybridized carbons (Fsp3) is 0.176. The quantitative estimate of drug-likeness (QED) is 0.759. The standard InChI is InChI=1S/C17H16ClN5O2/c1-19-17(24)25-11-15(13-9-5-6-10-14(13)18)23-21-16(20-22-23)12-7-3-2-4-8-12/h2-10,15H,11H2,1H3,(H,19,24). The minimum Gasteiger partial charge on any atom is -0.447 e. The molecule has 0 aliphatic carbocycles. The van der Waals surface area contributed by atoms with Gasteiger partial charge in [-0.25, -0.2) is 4.79 Å². The van der Waals surface area contributed by atoms with Crippen molar-refractivity contribution in [3.63, 3.8) is 0 Å². The molecular weight excluding hydrogens is 342 g/mol. The van der Waals surface area contributed by atoms with Crippen LogP contribution in [0.2, 0.25) is 5.02 Å². The molecule has 0 fully saturated rings. The average Bonchev–Trinajstić information content (AvgIpc) is 3.13. The van der Waals surface area contributed by atoms with Crippen molar-refractivity contribution in [2.24, 2.45) is 0 Å². The topological polar surface area (TPSA) is 81.9 Å². The number of nitrogens with one attached hydrogen (secondary N) is 1. The van der Waals surface area contributed by atoms with E-state index in [1.807, 2.05) is 48.5 Å². The Balaban J connectivity index is 1.93. The van der Waals surface area contributed by atoms with Gasteiger partial charge in [0.2, 0.25) is 5.82 Å². The van der Waals surface area contributed by atoms with Crippen LogP contribution < -0.4 is 5.32 Å². The molecule has 1 amide bonds. The monoisotopic (exact) mass is 357 g/mol. The molecular formula is C17H16ClN5O2. The highest BCUT2D eigenvalue weighted by atomic mass is 35.5. The second-order valence-electron chi connectivity index (χ2n) is 5.19. The van der Waals surface area contributed by atoms with Crippen molar-refractivity contribution in [1.29, 1.82) is 0 Å². The Bertz CT molecular complexity index is 853. The van der Waals surface area contributed by atoms with Crippen LogP contribution in [0.4, 0.5) is 4.79 Å². The van der Waals surface area contributed by atoms with E-state index in [1.165, 1.54) is 11.8 Å². The SMILES string of the molecule is CNC(=O)OCC(c1ccccc1Cl)n1nnc(-c2ccccc2)n1. The van der Waals surface area contributed by atoms with Crippen molar-refractivity contribution < 1.29 is 9.53 Å². The van der Waals surface area contributed by atoms with Crippen molar-refractivity contribution in [3.8, 4) is 11.4 Å². The smallest absolute Gasteiger partial charge is 0.406 e. The van der Waals surface area contributed by atoms with E-state index in [4.69, 9.17) is 16.3 Å². The highest BCUT2D eigenvalue weighted by Gasteiger charge is 2.22. The van der Waals surface area contributed by atoms with Crippen molar-refractivity contribution in [3.05, 3.63) is 65.2 Å². The number of tetrazole rings is 1. The number of alkyl carbamates (subject to hydrolysis) is 1. The molecule has 8 heteroatoms. The van der Waals surface area contributed by atoms with Crippen molar-refractivity contribution in [2.75, 3.05) is 13.7 Å². The van der Waals surface area contributed by atoms with Gasteiger partial charge in [-0.1, -0.05) is 60.1 Å². The number of nitrogens with zero attached hydrogens (tertiary/aromatic N) is 4. The van der Waals surface area contributed by atoms with Gasteiger partial charge in [0, 0.05) is 23.2 Å². The van der Waals surface area contributed by atoms with Crippen LogP contribution in [0.3, 0.4) is 0 Å². The van der Waals surface area contributed by atoms with Gasteiger partial charge < -0.3 is 10.1 Å². The van der Waals surface area contributed by atoms with Crippen LogP contribution in [0, 0.1) is 0 Å². The molecule has 1 atom stereocenters. The van der Waals surface area contributed by atoms with Crippen LogP contribution in [0.25, 0.3) is 11.4 Å². The predicted molar refractivity (Wildman–Crippen MR) is 93.3 cm³/mol. The molecule has 7 nitrogen and oxygen atoms in total. The summed E-state index contributed by atoms with van der Waals surface area (Å²) in [6, 6.07) is 16.3. The first-order chi connectivity index (χ1) is 12.2. The lowest BCUT2D eigenvalue weighted by Gasteiger charge is -2.17. The lowest BCUT2D eigenvalue weighted by Crippen LogP contribution is -2.26. The van der Waals surface area contributed by atoms with Gasteiger partial charge in [-0.3, -0.25) is 0 Å². The van der Waals surface area contributed by atoms with E-state index in [9.17, 15) is 4.79 Å². The van der Waals surface area contributed by atoms with E-state index in [2.05, 4.69) is 20.7 Å². The summed E-state index contributed by atoms with van der Waals surface area (Å²) in [5.41, 5.74) is 1.59. The number of carbonyl (C=O) groups is 1. The van der Waals surface area contributed by atoms with E-state index in [-0.39, 0.29) is 6.61 Å². The molecule has 0 spiro atoms. The zero-order valence-corrected chi connectivity index (χ0v) is 14.2. The third kappa shape index (κ3) is 3.95. The first kappa shape index (κ1) is 16.9. The van der Waals surface area contributed by atoms with Crippen LogP contribution >= 0.6 is 11.6 Å². The normalized spacial score (nSPS) is 11.8. The second-order valence-corrected chi connectivity index (χ2v) is 5.59. The first-order valence-electron chi connectivity index (χ1n) is 7.63. The molecule has 0 aliphatic heterocycles. The highest BCUT2D eigenvalue weighted by molar-refractivity contribution is 6.31. The number of carbonyl (C=O) groups excluding carboxylic acids is 1. The fourth-order valence-electron chi connectivity index (χ4n) is 2.31. The molecule has 0 saturated carbocycles. The molecule has 1 aromatic heterocycles. The number of hydrogen-bond donors (Lipinski definition) is 1. The number of amides is 1. The van der Waals surface area contributed by atoms with Gasteiger partial charge in [0.25, 0.3) is 0 Å². The van der Waals surface area contributed by atoms with E-state index in [0.29, 0.717) is 10.8 Å². The molecule has 1 unspecified atom stereocenters. The molecule has 0 radical (unpaired) electrons. The van der Waals surface area contributed by atoms with Crippen LogP contribution in [0.5, 0.6) is 0 Å². The van der Waals surface area contributed by atoms with Crippen molar-refractivity contribution in [1.82, 2.24) is 25.5 Å². The number of ether oxygens (including phenoxy) is 1. The Morgan fingerprint density at radius 2 is 1.92 bits per heavy atom. The van der Waals surface area contributed by atoms with Gasteiger partial charge in [0.15, 0.2) is 0 Å². The Hall–Kier alpha value is -2.93. The minimum atomic E-state index is -0.541. The van der Waals surface area contributed by atoms with Crippen molar-refractivity contribution in [2.45, 2.75) is 6.04 Å². The number of benzene rings is 2. The molecule has 3 aromatic rings. The summed E-state index contributed by atoms with van der Waals surface area (Å²) >= 11 is 6.30. The highest BCUT2D eigenvalue weighted by Crippen LogP contribution is 2.26. The van der Waals surface area contributed by atoms with Gasteiger partial charge in [-0.2, -0.15) is 4.80 Å². The van der Waals surface area contributed by atoms with Crippen LogP contribution in [-0.4, -0.2) is 40.0 Å². The minimum absolute atomic E-state index is 0.0218. The maximum Gasteiger partial charge on any atom is 0.406 e. The summed E-state index contributed by atoms with van der Waals surface area (Å²) in [6.07, 6.45) is -0.541. The third-order valence-corrected chi connectivity index (χ3v) is 3.92. The lowest BCUT2D eigenvalue weighted by atomic mass is 10.1. The van der Waals surface area contributed by atoms with E-state index in [0.717, 1.165) is 11.1 Å². The maximum atomic E-state index is 11.5. The Morgan fingerprint density at radius 3 is 2.64 bits per heavy atom. The number of hydrogen-bond acceptors (Lipinski definition) is 5. The van der Waals surface area contributed by atoms with Gasteiger partial charge in [0.05, 0.1) is 0 Å². The third-order valence-electron chi connectivity index (χ3n) is 3.58.